The third-order valence-electron chi connectivity index (χ3n) is 5.95. The van der Waals surface area contributed by atoms with Gasteiger partial charge in [-0.3, -0.25) is 9.59 Å². The highest BCUT2D eigenvalue weighted by atomic mass is 32.1. The first-order valence-corrected chi connectivity index (χ1v) is 14.9. The van der Waals surface area contributed by atoms with Crippen molar-refractivity contribution in [2.75, 3.05) is 66.1 Å². The third kappa shape index (κ3) is 18.6. The fourth-order valence-electron chi connectivity index (χ4n) is 3.58. The first kappa shape index (κ1) is 38.3. The van der Waals surface area contributed by atoms with E-state index in [0.717, 1.165) is 12.0 Å². The van der Waals surface area contributed by atoms with Gasteiger partial charge in [-0.05, 0) is 37.3 Å². The molecule has 0 saturated heterocycles. The summed E-state index contributed by atoms with van der Waals surface area (Å²) in [6.45, 7) is 10.5. The highest BCUT2D eigenvalue weighted by Gasteiger charge is 2.23. The Kier molecular flexibility index (Phi) is 20.3. The van der Waals surface area contributed by atoms with Crippen LogP contribution < -0.4 is 11.1 Å². The van der Waals surface area contributed by atoms with Gasteiger partial charge in [0.25, 0.3) is 0 Å². The van der Waals surface area contributed by atoms with E-state index in [4.69, 9.17) is 46.4 Å². The zero-order chi connectivity index (χ0) is 32.0. The molecular formula is C30H48N2O10S. The Balaban J connectivity index is 1.95. The van der Waals surface area contributed by atoms with Crippen LogP contribution in [0.1, 0.15) is 51.2 Å². The second-order valence-corrected chi connectivity index (χ2v) is 10.7. The van der Waals surface area contributed by atoms with E-state index in [1.54, 1.807) is 6.92 Å². The van der Waals surface area contributed by atoms with Crippen LogP contribution in [0.4, 0.5) is 0 Å². The van der Waals surface area contributed by atoms with Gasteiger partial charge >= 0.3 is 17.9 Å². The maximum absolute atomic E-state index is 12.3. The number of carboxylic acids is 1. The van der Waals surface area contributed by atoms with E-state index in [1.807, 2.05) is 19.1 Å². The van der Waals surface area contributed by atoms with Crippen molar-refractivity contribution in [3.63, 3.8) is 0 Å². The van der Waals surface area contributed by atoms with Crippen molar-refractivity contribution in [2.45, 2.75) is 58.5 Å². The Hall–Kier alpha value is -2.68. The summed E-state index contributed by atoms with van der Waals surface area (Å²) < 4.78 is 31.9. The summed E-state index contributed by atoms with van der Waals surface area (Å²) in [4.78, 5) is 35.6. The minimum atomic E-state index is -1.23. The van der Waals surface area contributed by atoms with Gasteiger partial charge in [-0.15, -0.1) is 0 Å². The van der Waals surface area contributed by atoms with E-state index in [0.29, 0.717) is 45.6 Å². The molecule has 0 aliphatic rings. The molecule has 0 fully saturated rings. The number of esters is 2. The standard InChI is InChI=1S/C30H48N2O10S/c1-21(2)19-24-5-7-25(8-6-24)22(3)30(36)42-18-16-40-14-12-38-10-9-37-11-13-39-15-17-41-27(33)20-26(29(34)35)32-28(43)23(4)31/h5-8,21-23,26H,9-20,31H2,1-4H3,(H,32,43)(H,34,35)/t22-,23-,26-/m0/s1. The fourth-order valence-corrected chi connectivity index (χ4v) is 3.72. The van der Waals surface area contributed by atoms with E-state index in [1.165, 1.54) is 5.56 Å². The molecule has 4 N–H and O–H groups in total. The molecule has 1 aromatic rings. The van der Waals surface area contributed by atoms with Crippen molar-refractivity contribution >= 4 is 35.1 Å². The lowest BCUT2D eigenvalue weighted by Crippen LogP contribution is -2.47. The second-order valence-electron chi connectivity index (χ2n) is 10.3. The Morgan fingerprint density at radius 2 is 1.26 bits per heavy atom. The van der Waals surface area contributed by atoms with Gasteiger partial charge < -0.3 is 44.6 Å². The molecule has 0 unspecified atom stereocenters. The Bertz CT molecular complexity index is 959. The lowest BCUT2D eigenvalue weighted by molar-refractivity contribution is -0.150. The maximum atomic E-state index is 12.3. The summed E-state index contributed by atoms with van der Waals surface area (Å²) in [5, 5.41) is 11.7. The molecule has 244 valence electrons. The molecule has 12 nitrogen and oxygen atoms in total. The van der Waals surface area contributed by atoms with Crippen LogP contribution in [0.2, 0.25) is 0 Å². The van der Waals surface area contributed by atoms with Gasteiger partial charge in [-0.1, -0.05) is 50.3 Å². The van der Waals surface area contributed by atoms with E-state index in [9.17, 15) is 19.5 Å². The van der Waals surface area contributed by atoms with Crippen molar-refractivity contribution < 1.29 is 47.9 Å². The molecule has 0 aliphatic carbocycles. The van der Waals surface area contributed by atoms with Gasteiger partial charge in [-0.2, -0.15) is 0 Å². The van der Waals surface area contributed by atoms with Crippen molar-refractivity contribution in [3.8, 4) is 0 Å². The molecule has 43 heavy (non-hydrogen) atoms. The molecule has 0 aromatic heterocycles. The van der Waals surface area contributed by atoms with E-state index >= 15 is 0 Å². The van der Waals surface area contributed by atoms with Crippen LogP contribution in [0.5, 0.6) is 0 Å². The number of rotatable bonds is 24. The highest BCUT2D eigenvalue weighted by Crippen LogP contribution is 2.19. The Morgan fingerprint density at radius 1 is 0.791 bits per heavy atom. The van der Waals surface area contributed by atoms with Gasteiger partial charge in [0, 0.05) is 0 Å². The van der Waals surface area contributed by atoms with Crippen LogP contribution >= 0.6 is 12.2 Å². The summed E-state index contributed by atoms with van der Waals surface area (Å²) in [7, 11) is 0. The molecule has 1 rings (SSSR count). The third-order valence-corrected chi connectivity index (χ3v) is 6.44. The predicted molar refractivity (Wildman–Crippen MR) is 164 cm³/mol. The maximum Gasteiger partial charge on any atom is 0.326 e. The number of carbonyl (C=O) groups excluding carboxylic acids is 2. The van der Waals surface area contributed by atoms with Crippen LogP contribution in [-0.4, -0.2) is 106 Å². The van der Waals surface area contributed by atoms with E-state index < -0.39 is 30.4 Å². The fraction of sp³-hybridized carbons (Fsp3) is 0.667. The molecule has 0 spiro atoms. The van der Waals surface area contributed by atoms with Gasteiger partial charge in [0.05, 0.1) is 76.2 Å². The van der Waals surface area contributed by atoms with Crippen LogP contribution in [0.3, 0.4) is 0 Å². The normalized spacial score (nSPS) is 13.3. The lowest BCUT2D eigenvalue weighted by Gasteiger charge is -2.17. The SMILES string of the molecule is CC(C)Cc1ccc([C@H](C)C(=O)OCCOCCOCCOCCOCCOC(=O)C[C@H](NC(=S)[C@H](C)N)C(=O)O)cc1. The average Bonchev–Trinajstić information content (AvgIpc) is 2.95. The molecule has 0 bridgehead atoms. The highest BCUT2D eigenvalue weighted by molar-refractivity contribution is 7.80. The topological polar surface area (TPSA) is 165 Å². The molecule has 13 heteroatoms. The number of benzene rings is 1. The molecule has 0 radical (unpaired) electrons. The molecule has 1 aromatic carbocycles. The first-order valence-electron chi connectivity index (χ1n) is 14.5. The quantitative estimate of drug-likeness (QED) is 0.0868. The number of carbonyl (C=O) groups is 3. The van der Waals surface area contributed by atoms with Crippen molar-refractivity contribution in [3.05, 3.63) is 35.4 Å². The molecule has 0 heterocycles. The van der Waals surface area contributed by atoms with E-state index in [2.05, 4.69) is 31.3 Å². The summed E-state index contributed by atoms with van der Waals surface area (Å²) in [5.74, 6) is -1.95. The van der Waals surface area contributed by atoms with Crippen molar-refractivity contribution in [1.82, 2.24) is 5.32 Å². The summed E-state index contributed by atoms with van der Waals surface area (Å²) >= 11 is 4.96. The summed E-state index contributed by atoms with van der Waals surface area (Å²) in [6.07, 6.45) is 0.619. The molecule has 0 saturated carbocycles. The zero-order valence-electron chi connectivity index (χ0n) is 25.7. The molecule has 0 amide bonds. The number of hydrogen-bond acceptors (Lipinski definition) is 11. The van der Waals surface area contributed by atoms with Gasteiger partial charge in [0.1, 0.15) is 19.3 Å². The smallest absolute Gasteiger partial charge is 0.326 e. The van der Waals surface area contributed by atoms with Crippen molar-refractivity contribution in [2.24, 2.45) is 11.7 Å². The minimum absolute atomic E-state index is 0.0173. The number of thiocarbonyl (C=S) groups is 1. The first-order chi connectivity index (χ1) is 20.5. The van der Waals surface area contributed by atoms with Gasteiger partial charge in [-0.25, -0.2) is 4.79 Å². The molecular weight excluding hydrogens is 580 g/mol. The number of nitrogens with two attached hydrogens (primary N) is 1. The van der Waals surface area contributed by atoms with Gasteiger partial charge in [0.15, 0.2) is 0 Å². The van der Waals surface area contributed by atoms with Crippen molar-refractivity contribution in [1.29, 1.82) is 0 Å². The van der Waals surface area contributed by atoms with Crippen LogP contribution in [-0.2, 0) is 49.2 Å². The second kappa shape index (κ2) is 22.8. The number of hydrogen-bond donors (Lipinski definition) is 3. The Labute approximate surface area is 259 Å². The number of carboxylic acid groups (broad SMARTS) is 1. The summed E-state index contributed by atoms with van der Waals surface area (Å²) in [5.41, 5.74) is 7.78. The van der Waals surface area contributed by atoms with Crippen LogP contribution in [0, 0.1) is 5.92 Å². The summed E-state index contributed by atoms with van der Waals surface area (Å²) in [6, 6.07) is 6.35. The lowest BCUT2D eigenvalue weighted by atomic mass is 9.97. The monoisotopic (exact) mass is 628 g/mol. The minimum Gasteiger partial charge on any atom is -0.480 e. The Morgan fingerprint density at radius 3 is 1.70 bits per heavy atom. The van der Waals surface area contributed by atoms with Gasteiger partial charge in [0.2, 0.25) is 0 Å². The largest absolute Gasteiger partial charge is 0.480 e. The molecule has 0 aliphatic heterocycles. The van der Waals surface area contributed by atoms with Crippen LogP contribution in [0.15, 0.2) is 24.3 Å². The number of aliphatic carboxylic acids is 1. The number of ether oxygens (including phenoxy) is 6. The average molecular weight is 629 g/mol. The molecule has 3 atom stereocenters. The predicted octanol–water partition coefficient (Wildman–Crippen LogP) is 2.25. The zero-order valence-corrected chi connectivity index (χ0v) is 26.5. The van der Waals surface area contributed by atoms with Crippen LogP contribution in [0.25, 0.3) is 0 Å². The van der Waals surface area contributed by atoms with E-state index in [-0.39, 0.29) is 43.3 Å². The number of nitrogens with one attached hydrogen (secondary N) is 1.